The fourth-order valence-electron chi connectivity index (χ4n) is 1.99. The lowest BCUT2D eigenvalue weighted by molar-refractivity contribution is -0.275. The number of hydrogen-bond donors (Lipinski definition) is 0. The van der Waals surface area contributed by atoms with E-state index in [1.807, 2.05) is 0 Å². The molecule has 1 aromatic carbocycles. The van der Waals surface area contributed by atoms with Gasteiger partial charge in [-0.2, -0.15) is 0 Å². The zero-order valence-corrected chi connectivity index (χ0v) is 12.3. The first-order valence-electron chi connectivity index (χ1n) is 6.20. The summed E-state index contributed by atoms with van der Waals surface area (Å²) in [5.41, 5.74) is 0.265. The van der Waals surface area contributed by atoms with E-state index < -0.39 is 29.6 Å². The van der Waals surface area contributed by atoms with Gasteiger partial charge in [-0.25, -0.2) is 9.37 Å². The number of hydrogen-bond acceptors (Lipinski definition) is 4. The molecule has 0 aliphatic rings. The molecule has 0 amide bonds. The SMILES string of the molecule is CC(=O)C(c1ccc(F)c(OC(F)(F)F)c1)c1cnc(Cl)cn1. The van der Waals surface area contributed by atoms with Crippen LogP contribution in [-0.2, 0) is 4.79 Å². The monoisotopic (exact) mass is 348 g/mol. The Morgan fingerprint density at radius 2 is 1.96 bits per heavy atom. The minimum Gasteiger partial charge on any atom is -0.403 e. The highest BCUT2D eigenvalue weighted by molar-refractivity contribution is 6.29. The summed E-state index contributed by atoms with van der Waals surface area (Å²) in [6.07, 6.45) is -2.63. The van der Waals surface area contributed by atoms with Gasteiger partial charge >= 0.3 is 6.36 Å². The second-order valence-corrected chi connectivity index (χ2v) is 4.93. The van der Waals surface area contributed by atoms with E-state index in [1.165, 1.54) is 25.4 Å². The van der Waals surface area contributed by atoms with Gasteiger partial charge < -0.3 is 4.74 Å². The number of ether oxygens (including phenoxy) is 1. The molecule has 0 N–H and O–H groups in total. The molecular weight excluding hydrogens is 340 g/mol. The molecule has 0 saturated carbocycles. The largest absolute Gasteiger partial charge is 0.573 e. The highest BCUT2D eigenvalue weighted by Gasteiger charge is 2.33. The Bertz CT molecular complexity index is 720. The number of Topliss-reactive ketones (excluding diaryl/α,β-unsaturated/α-hetero) is 1. The third kappa shape index (κ3) is 4.38. The Morgan fingerprint density at radius 1 is 1.26 bits per heavy atom. The van der Waals surface area contributed by atoms with Crippen molar-refractivity contribution in [2.45, 2.75) is 19.2 Å². The molecule has 2 rings (SSSR count). The van der Waals surface area contributed by atoms with Crippen LogP contribution in [0, 0.1) is 5.82 Å². The third-order valence-electron chi connectivity index (χ3n) is 2.86. The van der Waals surface area contributed by atoms with Crippen molar-refractivity contribution in [3.63, 3.8) is 0 Å². The van der Waals surface area contributed by atoms with Crippen LogP contribution in [0.25, 0.3) is 0 Å². The van der Waals surface area contributed by atoms with Crippen molar-refractivity contribution in [1.82, 2.24) is 9.97 Å². The molecule has 0 spiro atoms. The number of benzene rings is 1. The molecule has 4 nitrogen and oxygen atoms in total. The van der Waals surface area contributed by atoms with E-state index >= 15 is 0 Å². The van der Waals surface area contributed by atoms with Crippen LogP contribution < -0.4 is 4.74 Å². The Labute approximate surface area is 133 Å². The predicted molar refractivity (Wildman–Crippen MR) is 72.6 cm³/mol. The van der Waals surface area contributed by atoms with E-state index in [9.17, 15) is 22.4 Å². The van der Waals surface area contributed by atoms with Crippen molar-refractivity contribution >= 4 is 17.4 Å². The summed E-state index contributed by atoms with van der Waals surface area (Å²) in [6, 6.07) is 2.78. The number of nitrogens with zero attached hydrogens (tertiary/aromatic N) is 2. The van der Waals surface area contributed by atoms with E-state index in [0.29, 0.717) is 0 Å². The topological polar surface area (TPSA) is 52.1 Å². The Hall–Kier alpha value is -2.22. The maximum atomic E-state index is 13.5. The molecule has 9 heteroatoms. The molecule has 0 aliphatic heterocycles. The average molecular weight is 349 g/mol. The van der Waals surface area contributed by atoms with Gasteiger partial charge in [-0.15, -0.1) is 13.2 Å². The van der Waals surface area contributed by atoms with Gasteiger partial charge in [0.2, 0.25) is 0 Å². The minimum atomic E-state index is -5.05. The first-order valence-corrected chi connectivity index (χ1v) is 6.58. The van der Waals surface area contributed by atoms with Gasteiger partial charge in [0.05, 0.1) is 24.0 Å². The van der Waals surface area contributed by atoms with Gasteiger partial charge in [0.1, 0.15) is 10.9 Å². The first kappa shape index (κ1) is 17.1. The second-order valence-electron chi connectivity index (χ2n) is 4.55. The van der Waals surface area contributed by atoms with Crippen LogP contribution in [0.4, 0.5) is 17.6 Å². The average Bonchev–Trinajstić information content (AvgIpc) is 2.43. The number of alkyl halides is 3. The lowest BCUT2D eigenvalue weighted by Gasteiger charge is -2.16. The van der Waals surface area contributed by atoms with E-state index in [4.69, 9.17) is 11.6 Å². The fourth-order valence-corrected chi connectivity index (χ4v) is 2.09. The standard InChI is InChI=1S/C14H9ClF4N2O2/c1-7(22)13(10-5-21-12(15)6-20-10)8-2-3-9(16)11(4-8)23-14(17,18)19/h2-6,13H,1H3. The lowest BCUT2D eigenvalue weighted by atomic mass is 9.92. The summed E-state index contributed by atoms with van der Waals surface area (Å²) >= 11 is 5.61. The Morgan fingerprint density at radius 3 is 2.48 bits per heavy atom. The number of halogens is 5. The minimum absolute atomic E-state index is 0.0924. The molecule has 2 aromatic rings. The zero-order chi connectivity index (χ0) is 17.2. The van der Waals surface area contributed by atoms with E-state index in [1.54, 1.807) is 0 Å². The molecular formula is C14H9ClF4N2O2. The van der Waals surface area contributed by atoms with Crippen LogP contribution in [-0.4, -0.2) is 22.1 Å². The highest BCUT2D eigenvalue weighted by Crippen LogP contribution is 2.31. The molecule has 1 aromatic heterocycles. The molecule has 1 atom stereocenters. The normalized spacial score (nSPS) is 12.8. The van der Waals surface area contributed by atoms with Crippen LogP contribution in [0.3, 0.4) is 0 Å². The maximum absolute atomic E-state index is 13.5. The molecule has 1 unspecified atom stereocenters. The third-order valence-corrected chi connectivity index (χ3v) is 3.05. The highest BCUT2D eigenvalue weighted by atomic mass is 35.5. The molecule has 0 fully saturated rings. The van der Waals surface area contributed by atoms with E-state index in [0.717, 1.165) is 12.1 Å². The van der Waals surface area contributed by atoms with Crippen LogP contribution in [0.1, 0.15) is 24.1 Å². The van der Waals surface area contributed by atoms with Crippen LogP contribution in [0.5, 0.6) is 5.75 Å². The van der Waals surface area contributed by atoms with Crippen molar-refractivity contribution in [3.8, 4) is 5.75 Å². The summed E-state index contributed by atoms with van der Waals surface area (Å²) in [6.45, 7) is 1.23. The summed E-state index contributed by atoms with van der Waals surface area (Å²) in [4.78, 5) is 19.6. The molecule has 1 heterocycles. The maximum Gasteiger partial charge on any atom is 0.573 e. The van der Waals surface area contributed by atoms with Gasteiger partial charge in [-0.3, -0.25) is 9.78 Å². The first-order chi connectivity index (χ1) is 10.7. The molecule has 0 bridgehead atoms. The molecule has 23 heavy (non-hydrogen) atoms. The van der Waals surface area contributed by atoms with Crippen molar-refractivity contribution in [2.75, 3.05) is 0 Å². The summed E-state index contributed by atoms with van der Waals surface area (Å²) in [7, 11) is 0. The van der Waals surface area contributed by atoms with Crippen LogP contribution >= 0.6 is 11.6 Å². The van der Waals surface area contributed by atoms with Gasteiger partial charge in [-0.05, 0) is 24.6 Å². The fraction of sp³-hybridized carbons (Fsp3) is 0.214. The van der Waals surface area contributed by atoms with Crippen molar-refractivity contribution in [2.24, 2.45) is 0 Å². The second kappa shape index (κ2) is 6.49. The number of aromatic nitrogens is 2. The van der Waals surface area contributed by atoms with E-state index in [-0.39, 0.29) is 16.4 Å². The number of ketones is 1. The summed E-state index contributed by atoms with van der Waals surface area (Å²) in [5.74, 6) is -3.65. The van der Waals surface area contributed by atoms with E-state index in [2.05, 4.69) is 14.7 Å². The number of rotatable bonds is 4. The smallest absolute Gasteiger partial charge is 0.403 e. The quantitative estimate of drug-likeness (QED) is 0.787. The molecule has 0 aliphatic carbocycles. The Balaban J connectivity index is 2.46. The molecule has 0 saturated heterocycles. The zero-order valence-electron chi connectivity index (χ0n) is 11.6. The number of carbonyl (C=O) groups excluding carboxylic acids is 1. The molecule has 0 radical (unpaired) electrons. The van der Waals surface area contributed by atoms with Gasteiger partial charge in [0, 0.05) is 0 Å². The lowest BCUT2D eigenvalue weighted by Crippen LogP contribution is -2.19. The predicted octanol–water partition coefficient (Wildman–Crippen LogP) is 3.89. The van der Waals surface area contributed by atoms with Gasteiger partial charge in [0.25, 0.3) is 0 Å². The summed E-state index contributed by atoms with van der Waals surface area (Å²) in [5, 5.41) is 0.0938. The number of carbonyl (C=O) groups is 1. The Kier molecular flexibility index (Phi) is 4.84. The van der Waals surface area contributed by atoms with Crippen LogP contribution in [0.15, 0.2) is 30.6 Å². The summed E-state index contributed by atoms with van der Waals surface area (Å²) < 4.78 is 53.9. The van der Waals surface area contributed by atoms with Crippen molar-refractivity contribution in [1.29, 1.82) is 0 Å². The van der Waals surface area contributed by atoms with Crippen molar-refractivity contribution in [3.05, 3.63) is 52.8 Å². The van der Waals surface area contributed by atoms with Crippen LogP contribution in [0.2, 0.25) is 5.15 Å². The molecule has 122 valence electrons. The van der Waals surface area contributed by atoms with Gasteiger partial charge in [-0.1, -0.05) is 17.7 Å². The van der Waals surface area contributed by atoms with Crippen molar-refractivity contribution < 1.29 is 27.1 Å². The van der Waals surface area contributed by atoms with Gasteiger partial charge in [0.15, 0.2) is 11.6 Å².